The molecule has 0 aliphatic carbocycles. The molecular formula is C12H15N3. The van der Waals surface area contributed by atoms with Gasteiger partial charge in [-0.1, -0.05) is 24.3 Å². The second-order valence-electron chi connectivity index (χ2n) is 3.57. The van der Waals surface area contributed by atoms with E-state index >= 15 is 0 Å². The van der Waals surface area contributed by atoms with E-state index in [0.29, 0.717) is 6.54 Å². The molecule has 0 radical (unpaired) electrons. The quantitative estimate of drug-likeness (QED) is 0.820. The molecule has 1 aromatic heterocycles. The zero-order valence-electron chi connectivity index (χ0n) is 8.85. The number of nitrogens with zero attached hydrogens (tertiary/aromatic N) is 2. The number of benzene rings is 1. The van der Waals surface area contributed by atoms with Crippen LogP contribution in [0.2, 0.25) is 0 Å². The van der Waals surface area contributed by atoms with Crippen molar-refractivity contribution in [1.82, 2.24) is 4.98 Å². The molecule has 3 heteroatoms. The molecule has 0 unspecified atom stereocenters. The van der Waals surface area contributed by atoms with E-state index in [1.165, 1.54) is 10.8 Å². The SMILES string of the molecule is CN(CCN)c1nccc2ccccc12. The molecule has 0 spiro atoms. The highest BCUT2D eigenvalue weighted by molar-refractivity contribution is 5.91. The molecule has 0 amide bonds. The van der Waals surface area contributed by atoms with Crippen molar-refractivity contribution in [3.8, 4) is 0 Å². The third-order valence-corrected chi connectivity index (χ3v) is 2.48. The standard InChI is InChI=1S/C12H15N3/c1-15(9-7-13)12-11-5-3-2-4-10(11)6-8-14-12/h2-6,8H,7,9,13H2,1H3. The van der Waals surface area contributed by atoms with Crippen LogP contribution in [0.5, 0.6) is 0 Å². The van der Waals surface area contributed by atoms with Crippen molar-refractivity contribution in [1.29, 1.82) is 0 Å². The third-order valence-electron chi connectivity index (χ3n) is 2.48. The fourth-order valence-electron chi connectivity index (χ4n) is 1.71. The van der Waals surface area contributed by atoms with E-state index in [2.05, 4.69) is 22.0 Å². The van der Waals surface area contributed by atoms with Crippen LogP contribution in [0.25, 0.3) is 10.8 Å². The fourth-order valence-corrected chi connectivity index (χ4v) is 1.71. The molecule has 0 aliphatic rings. The van der Waals surface area contributed by atoms with Gasteiger partial charge in [0.25, 0.3) is 0 Å². The van der Waals surface area contributed by atoms with Crippen LogP contribution in [0.3, 0.4) is 0 Å². The first kappa shape index (κ1) is 9.93. The van der Waals surface area contributed by atoms with Crippen LogP contribution < -0.4 is 10.6 Å². The number of pyridine rings is 1. The molecule has 78 valence electrons. The number of aromatic nitrogens is 1. The molecule has 3 nitrogen and oxygen atoms in total. The second kappa shape index (κ2) is 4.28. The molecule has 0 saturated heterocycles. The molecule has 2 rings (SSSR count). The monoisotopic (exact) mass is 201 g/mol. The number of hydrogen-bond acceptors (Lipinski definition) is 3. The van der Waals surface area contributed by atoms with Gasteiger partial charge in [0.05, 0.1) is 0 Å². The van der Waals surface area contributed by atoms with Crippen LogP contribution in [0.15, 0.2) is 36.5 Å². The topological polar surface area (TPSA) is 42.1 Å². The first-order valence-electron chi connectivity index (χ1n) is 5.08. The molecule has 2 N–H and O–H groups in total. The van der Waals surface area contributed by atoms with Crippen molar-refractivity contribution < 1.29 is 0 Å². The molecular weight excluding hydrogens is 186 g/mol. The summed E-state index contributed by atoms with van der Waals surface area (Å²) in [4.78, 5) is 6.48. The lowest BCUT2D eigenvalue weighted by atomic mass is 10.1. The number of fused-ring (bicyclic) bond motifs is 1. The number of likely N-dealkylation sites (N-methyl/N-ethyl adjacent to an activating group) is 1. The summed E-state index contributed by atoms with van der Waals surface area (Å²) in [6.07, 6.45) is 1.84. The molecule has 0 bridgehead atoms. The zero-order valence-corrected chi connectivity index (χ0v) is 8.85. The van der Waals surface area contributed by atoms with E-state index in [1.54, 1.807) is 0 Å². The second-order valence-corrected chi connectivity index (χ2v) is 3.57. The molecule has 2 aromatic rings. The Hall–Kier alpha value is -1.61. The van der Waals surface area contributed by atoms with Gasteiger partial charge in [-0.15, -0.1) is 0 Å². The highest BCUT2D eigenvalue weighted by Gasteiger charge is 2.05. The number of anilines is 1. The molecule has 0 fully saturated rings. The van der Waals surface area contributed by atoms with Gasteiger partial charge in [0.2, 0.25) is 0 Å². The van der Waals surface area contributed by atoms with Crippen LogP contribution in [-0.2, 0) is 0 Å². The largest absolute Gasteiger partial charge is 0.358 e. The Labute approximate surface area is 89.5 Å². The Morgan fingerprint density at radius 1 is 1.27 bits per heavy atom. The molecule has 0 saturated carbocycles. The maximum atomic E-state index is 5.54. The molecule has 15 heavy (non-hydrogen) atoms. The van der Waals surface area contributed by atoms with Crippen LogP contribution in [0.1, 0.15) is 0 Å². The lowest BCUT2D eigenvalue weighted by molar-refractivity contribution is 0.873. The van der Waals surface area contributed by atoms with E-state index in [9.17, 15) is 0 Å². The first-order valence-corrected chi connectivity index (χ1v) is 5.08. The van der Waals surface area contributed by atoms with Crippen molar-refractivity contribution in [2.45, 2.75) is 0 Å². The summed E-state index contributed by atoms with van der Waals surface area (Å²) in [5.41, 5.74) is 5.54. The summed E-state index contributed by atoms with van der Waals surface area (Å²) in [5.74, 6) is 0.999. The number of hydrogen-bond donors (Lipinski definition) is 1. The minimum atomic E-state index is 0.640. The van der Waals surface area contributed by atoms with Crippen LogP contribution >= 0.6 is 0 Å². The lowest BCUT2D eigenvalue weighted by Crippen LogP contribution is -2.25. The summed E-state index contributed by atoms with van der Waals surface area (Å²) < 4.78 is 0. The predicted molar refractivity (Wildman–Crippen MR) is 64.1 cm³/mol. The number of nitrogens with two attached hydrogens (primary N) is 1. The van der Waals surface area contributed by atoms with Crippen LogP contribution in [0, 0.1) is 0 Å². The van der Waals surface area contributed by atoms with E-state index in [0.717, 1.165) is 12.4 Å². The molecule has 1 aromatic carbocycles. The molecule has 1 heterocycles. The van der Waals surface area contributed by atoms with Crippen molar-refractivity contribution in [3.63, 3.8) is 0 Å². The fraction of sp³-hybridized carbons (Fsp3) is 0.250. The highest BCUT2D eigenvalue weighted by Crippen LogP contribution is 2.22. The Morgan fingerprint density at radius 3 is 2.87 bits per heavy atom. The zero-order chi connectivity index (χ0) is 10.7. The minimum Gasteiger partial charge on any atom is -0.358 e. The first-order chi connectivity index (χ1) is 7.33. The number of rotatable bonds is 3. The van der Waals surface area contributed by atoms with Gasteiger partial charge in [0.1, 0.15) is 5.82 Å². The van der Waals surface area contributed by atoms with Gasteiger partial charge in [-0.05, 0) is 11.5 Å². The average molecular weight is 201 g/mol. The summed E-state index contributed by atoms with van der Waals surface area (Å²) in [7, 11) is 2.02. The third kappa shape index (κ3) is 1.92. The van der Waals surface area contributed by atoms with E-state index < -0.39 is 0 Å². The van der Waals surface area contributed by atoms with Gasteiger partial charge in [-0.3, -0.25) is 0 Å². The Morgan fingerprint density at radius 2 is 2.07 bits per heavy atom. The maximum absolute atomic E-state index is 5.54. The van der Waals surface area contributed by atoms with Crippen molar-refractivity contribution in [2.24, 2.45) is 5.73 Å². The lowest BCUT2D eigenvalue weighted by Gasteiger charge is -2.18. The van der Waals surface area contributed by atoms with Gasteiger partial charge >= 0.3 is 0 Å². The van der Waals surface area contributed by atoms with E-state index in [4.69, 9.17) is 5.73 Å². The smallest absolute Gasteiger partial charge is 0.136 e. The van der Waals surface area contributed by atoms with Gasteiger partial charge in [0, 0.05) is 31.7 Å². The summed E-state index contributed by atoms with van der Waals surface area (Å²) >= 11 is 0. The average Bonchev–Trinajstić information content (AvgIpc) is 2.28. The van der Waals surface area contributed by atoms with Gasteiger partial charge in [0.15, 0.2) is 0 Å². The minimum absolute atomic E-state index is 0.640. The highest BCUT2D eigenvalue weighted by atomic mass is 15.2. The molecule has 0 aliphatic heterocycles. The van der Waals surface area contributed by atoms with Gasteiger partial charge in [-0.2, -0.15) is 0 Å². The van der Waals surface area contributed by atoms with E-state index in [-0.39, 0.29) is 0 Å². The van der Waals surface area contributed by atoms with E-state index in [1.807, 2.05) is 31.4 Å². The maximum Gasteiger partial charge on any atom is 0.136 e. The van der Waals surface area contributed by atoms with Crippen LogP contribution in [-0.4, -0.2) is 25.1 Å². The summed E-state index contributed by atoms with van der Waals surface area (Å²) in [6.45, 7) is 1.46. The molecule has 0 atom stereocenters. The van der Waals surface area contributed by atoms with Gasteiger partial charge < -0.3 is 10.6 Å². The summed E-state index contributed by atoms with van der Waals surface area (Å²) in [5, 5.41) is 2.39. The van der Waals surface area contributed by atoms with Crippen molar-refractivity contribution >= 4 is 16.6 Å². The van der Waals surface area contributed by atoms with Crippen molar-refractivity contribution in [3.05, 3.63) is 36.5 Å². The Kier molecular flexibility index (Phi) is 2.83. The van der Waals surface area contributed by atoms with Crippen LogP contribution in [0.4, 0.5) is 5.82 Å². The van der Waals surface area contributed by atoms with Crippen molar-refractivity contribution in [2.75, 3.05) is 25.0 Å². The summed E-state index contributed by atoms with van der Waals surface area (Å²) in [6, 6.07) is 10.3. The Balaban J connectivity index is 2.50. The normalized spacial score (nSPS) is 10.5. The predicted octanol–water partition coefficient (Wildman–Crippen LogP) is 1.63. The Bertz CT molecular complexity index is 448. The van der Waals surface area contributed by atoms with Gasteiger partial charge in [-0.25, -0.2) is 4.98 Å².